The highest BCUT2D eigenvalue weighted by molar-refractivity contribution is 7.99. The first-order chi connectivity index (χ1) is 13.5. The number of thioether (sulfide) groups is 1. The Kier molecular flexibility index (Phi) is 5.90. The van der Waals surface area contributed by atoms with E-state index in [0.717, 1.165) is 29.4 Å². The van der Waals surface area contributed by atoms with Crippen LogP contribution in [0.5, 0.6) is 0 Å². The number of nitrogens with zero attached hydrogens (tertiary/aromatic N) is 5. The minimum absolute atomic E-state index is 0.174. The Labute approximate surface area is 167 Å². The lowest BCUT2D eigenvalue weighted by atomic mass is 10.2. The maximum atomic E-state index is 12.6. The summed E-state index contributed by atoms with van der Waals surface area (Å²) in [5.74, 6) is 2.03. The molecule has 0 unspecified atom stereocenters. The van der Waals surface area contributed by atoms with Gasteiger partial charge in [0.1, 0.15) is 23.5 Å². The molecule has 0 bridgehead atoms. The van der Waals surface area contributed by atoms with Crippen molar-refractivity contribution in [1.82, 2.24) is 19.3 Å². The van der Waals surface area contributed by atoms with Gasteiger partial charge in [0.15, 0.2) is 5.16 Å². The molecule has 1 N–H and O–H groups in total. The summed E-state index contributed by atoms with van der Waals surface area (Å²) in [6.07, 6.45) is 1.60. The van der Waals surface area contributed by atoms with Crippen LogP contribution in [0.25, 0.3) is 0 Å². The standard InChI is InChI=1S/C19H22N6O2S/c1-5-24-14(4)22-23-19(24)28-11-17(26)21-18-16(9-20)12(2)13(3)25(18)10-15-7-6-8-27-15/h6-8H,5,10-11H2,1-4H3,(H,21,26). The van der Waals surface area contributed by atoms with E-state index in [4.69, 9.17) is 4.42 Å². The third-order valence-electron chi connectivity index (χ3n) is 4.64. The monoisotopic (exact) mass is 398 g/mol. The Bertz CT molecular complexity index is 1030. The molecule has 0 fully saturated rings. The first kappa shape index (κ1) is 19.8. The highest BCUT2D eigenvalue weighted by atomic mass is 32.2. The average Bonchev–Trinajstić information content (AvgIpc) is 3.37. The molecular formula is C19H22N6O2S. The topological polar surface area (TPSA) is 102 Å². The van der Waals surface area contributed by atoms with E-state index >= 15 is 0 Å². The predicted octanol–water partition coefficient (Wildman–Crippen LogP) is 3.27. The normalized spacial score (nSPS) is 10.8. The van der Waals surface area contributed by atoms with E-state index in [1.54, 1.807) is 6.26 Å². The summed E-state index contributed by atoms with van der Waals surface area (Å²) in [6.45, 7) is 8.87. The van der Waals surface area contributed by atoms with Crippen molar-refractivity contribution in [1.29, 1.82) is 5.26 Å². The second-order valence-corrected chi connectivity index (χ2v) is 7.26. The third kappa shape index (κ3) is 3.82. The molecule has 3 aromatic heterocycles. The number of nitrogens with one attached hydrogen (secondary N) is 1. The molecule has 3 rings (SSSR count). The predicted molar refractivity (Wildman–Crippen MR) is 106 cm³/mol. The SMILES string of the molecule is CCn1c(C)nnc1SCC(=O)Nc1c(C#N)c(C)c(C)n1Cc1ccco1. The van der Waals surface area contributed by atoms with Crippen LogP contribution in [0.4, 0.5) is 5.82 Å². The number of hydrogen-bond acceptors (Lipinski definition) is 6. The van der Waals surface area contributed by atoms with Gasteiger partial charge in [-0.25, -0.2) is 0 Å². The van der Waals surface area contributed by atoms with Crippen molar-refractivity contribution in [3.05, 3.63) is 46.8 Å². The van der Waals surface area contributed by atoms with Gasteiger partial charge >= 0.3 is 0 Å². The summed E-state index contributed by atoms with van der Waals surface area (Å²) >= 11 is 1.32. The van der Waals surface area contributed by atoms with Crippen LogP contribution in [0.2, 0.25) is 0 Å². The van der Waals surface area contributed by atoms with Gasteiger partial charge < -0.3 is 18.9 Å². The van der Waals surface area contributed by atoms with E-state index < -0.39 is 0 Å². The largest absolute Gasteiger partial charge is 0.467 e. The van der Waals surface area contributed by atoms with Crippen LogP contribution in [0.3, 0.4) is 0 Å². The second-order valence-electron chi connectivity index (χ2n) is 6.32. The highest BCUT2D eigenvalue weighted by Crippen LogP contribution is 2.28. The zero-order valence-electron chi connectivity index (χ0n) is 16.3. The molecule has 0 aliphatic rings. The molecule has 0 saturated carbocycles. The molecule has 3 aromatic rings. The van der Waals surface area contributed by atoms with Crippen LogP contribution in [0.15, 0.2) is 28.0 Å². The number of carbonyl (C=O) groups excluding carboxylic acids is 1. The van der Waals surface area contributed by atoms with E-state index in [1.165, 1.54) is 11.8 Å². The first-order valence-corrected chi connectivity index (χ1v) is 9.89. The molecule has 9 heteroatoms. The number of aromatic nitrogens is 4. The Morgan fingerprint density at radius 3 is 2.75 bits per heavy atom. The van der Waals surface area contributed by atoms with Gasteiger partial charge in [-0.05, 0) is 45.4 Å². The van der Waals surface area contributed by atoms with E-state index in [2.05, 4.69) is 21.6 Å². The Morgan fingerprint density at radius 1 is 1.32 bits per heavy atom. The zero-order valence-corrected chi connectivity index (χ0v) is 17.1. The lowest BCUT2D eigenvalue weighted by molar-refractivity contribution is -0.113. The Balaban J connectivity index is 1.79. The van der Waals surface area contributed by atoms with Gasteiger partial charge in [0.05, 0.1) is 24.1 Å². The summed E-state index contributed by atoms with van der Waals surface area (Å²) in [6, 6.07) is 5.88. The van der Waals surface area contributed by atoms with Gasteiger partial charge in [-0.3, -0.25) is 4.79 Å². The van der Waals surface area contributed by atoms with Gasteiger partial charge in [-0.2, -0.15) is 5.26 Å². The molecule has 0 aliphatic heterocycles. The number of rotatable bonds is 7. The van der Waals surface area contributed by atoms with Crippen LogP contribution < -0.4 is 5.32 Å². The first-order valence-electron chi connectivity index (χ1n) is 8.90. The Hall–Kier alpha value is -2.99. The molecule has 8 nitrogen and oxygen atoms in total. The van der Waals surface area contributed by atoms with Gasteiger partial charge in [-0.1, -0.05) is 11.8 Å². The molecule has 0 spiro atoms. The van der Waals surface area contributed by atoms with Crippen LogP contribution in [0, 0.1) is 32.1 Å². The van der Waals surface area contributed by atoms with Crippen LogP contribution in [0.1, 0.15) is 35.3 Å². The van der Waals surface area contributed by atoms with Crippen LogP contribution in [-0.2, 0) is 17.9 Å². The van der Waals surface area contributed by atoms with Gasteiger partial charge in [0.2, 0.25) is 5.91 Å². The average molecular weight is 398 g/mol. The molecule has 28 heavy (non-hydrogen) atoms. The lowest BCUT2D eigenvalue weighted by Crippen LogP contribution is -2.19. The molecule has 0 aromatic carbocycles. The van der Waals surface area contributed by atoms with Gasteiger partial charge in [0.25, 0.3) is 0 Å². The maximum absolute atomic E-state index is 12.6. The zero-order chi connectivity index (χ0) is 20.3. The van der Waals surface area contributed by atoms with E-state index in [9.17, 15) is 10.1 Å². The second kappa shape index (κ2) is 8.35. The Morgan fingerprint density at radius 2 is 2.11 bits per heavy atom. The maximum Gasteiger partial charge on any atom is 0.235 e. The van der Waals surface area contributed by atoms with Crippen LogP contribution in [-0.4, -0.2) is 31.0 Å². The molecule has 0 saturated heterocycles. The molecule has 0 atom stereocenters. The van der Waals surface area contributed by atoms with E-state index in [1.807, 2.05) is 49.0 Å². The van der Waals surface area contributed by atoms with Gasteiger partial charge in [-0.15, -0.1) is 10.2 Å². The molecule has 1 amide bonds. The lowest BCUT2D eigenvalue weighted by Gasteiger charge is -2.12. The fourth-order valence-electron chi connectivity index (χ4n) is 3.02. The van der Waals surface area contributed by atoms with Gasteiger partial charge in [0, 0.05) is 12.2 Å². The van der Waals surface area contributed by atoms with Crippen LogP contribution >= 0.6 is 11.8 Å². The number of anilines is 1. The summed E-state index contributed by atoms with van der Waals surface area (Å²) in [5.41, 5.74) is 2.23. The van der Waals surface area contributed by atoms with Crippen molar-refractivity contribution >= 4 is 23.5 Å². The summed E-state index contributed by atoms with van der Waals surface area (Å²) < 4.78 is 9.28. The molecule has 146 valence electrons. The minimum atomic E-state index is -0.206. The van der Waals surface area contributed by atoms with Crippen molar-refractivity contribution in [3.63, 3.8) is 0 Å². The van der Waals surface area contributed by atoms with Crippen molar-refractivity contribution in [2.45, 2.75) is 45.9 Å². The number of hydrogen-bond donors (Lipinski definition) is 1. The smallest absolute Gasteiger partial charge is 0.235 e. The van der Waals surface area contributed by atoms with Crippen molar-refractivity contribution in [2.75, 3.05) is 11.1 Å². The molecule has 0 aliphatic carbocycles. The minimum Gasteiger partial charge on any atom is -0.467 e. The van der Waals surface area contributed by atoms with E-state index in [0.29, 0.717) is 23.1 Å². The fourth-order valence-corrected chi connectivity index (χ4v) is 3.87. The number of carbonyl (C=O) groups is 1. The number of aryl methyl sites for hydroxylation is 1. The van der Waals surface area contributed by atoms with Crippen molar-refractivity contribution in [3.8, 4) is 6.07 Å². The summed E-state index contributed by atoms with van der Waals surface area (Å²) in [7, 11) is 0. The number of nitriles is 1. The number of furan rings is 1. The molecular weight excluding hydrogens is 376 g/mol. The van der Waals surface area contributed by atoms with Crippen molar-refractivity contribution in [2.24, 2.45) is 0 Å². The molecule has 0 radical (unpaired) electrons. The fraction of sp³-hybridized carbons (Fsp3) is 0.368. The van der Waals surface area contributed by atoms with E-state index in [-0.39, 0.29) is 11.7 Å². The van der Waals surface area contributed by atoms with Crippen molar-refractivity contribution < 1.29 is 9.21 Å². The third-order valence-corrected chi connectivity index (χ3v) is 5.61. The highest BCUT2D eigenvalue weighted by Gasteiger charge is 2.21. The summed E-state index contributed by atoms with van der Waals surface area (Å²) in [5, 5.41) is 21.4. The number of amides is 1. The molecule has 3 heterocycles. The quantitative estimate of drug-likeness (QED) is 0.613. The summed E-state index contributed by atoms with van der Waals surface area (Å²) in [4.78, 5) is 12.6.